The zero-order valence-corrected chi connectivity index (χ0v) is 14.6. The predicted molar refractivity (Wildman–Crippen MR) is 95.6 cm³/mol. The fraction of sp³-hybridized carbons (Fsp3) is 0.471. The summed E-state index contributed by atoms with van der Waals surface area (Å²) in [6.07, 6.45) is 5.47. The maximum atomic E-state index is 12.2. The molecular weight excluding hydrogens is 324 g/mol. The van der Waals surface area contributed by atoms with Crippen molar-refractivity contribution in [3.63, 3.8) is 0 Å². The standard InChI is InChI=1S/C17H22N4O2S/c1-13-10-16(21(20-13)15-7-2-4-8-18-15)19-17(22)12-24-11-14-6-3-5-9-23-14/h2,4,7-8,10,14H,3,5-6,9,11-12H2,1H3,(H,19,22)/t14-/m0/s1. The number of carbonyl (C=O) groups is 1. The third-order valence-electron chi connectivity index (χ3n) is 3.78. The molecular formula is C17H22N4O2S. The Balaban J connectivity index is 1.54. The number of nitrogens with zero attached hydrogens (tertiary/aromatic N) is 3. The Labute approximate surface area is 146 Å². The molecule has 1 atom stereocenters. The molecule has 1 amide bonds. The number of aryl methyl sites for hydroxylation is 1. The normalized spacial score (nSPS) is 17.6. The number of rotatable bonds is 6. The molecule has 2 aromatic heterocycles. The Kier molecular flexibility index (Phi) is 5.87. The van der Waals surface area contributed by atoms with Gasteiger partial charge in [0.1, 0.15) is 5.82 Å². The van der Waals surface area contributed by atoms with Crippen molar-refractivity contribution >= 4 is 23.5 Å². The van der Waals surface area contributed by atoms with E-state index in [1.54, 1.807) is 22.6 Å². The lowest BCUT2D eigenvalue weighted by atomic mass is 10.1. The van der Waals surface area contributed by atoms with Crippen molar-refractivity contribution in [2.45, 2.75) is 32.3 Å². The van der Waals surface area contributed by atoms with E-state index in [0.717, 1.165) is 30.9 Å². The highest BCUT2D eigenvalue weighted by atomic mass is 32.2. The van der Waals surface area contributed by atoms with Gasteiger partial charge in [0, 0.05) is 24.6 Å². The summed E-state index contributed by atoms with van der Waals surface area (Å²) < 4.78 is 7.34. The van der Waals surface area contributed by atoms with E-state index in [4.69, 9.17) is 4.74 Å². The fourth-order valence-electron chi connectivity index (χ4n) is 2.64. The molecule has 0 saturated carbocycles. The summed E-state index contributed by atoms with van der Waals surface area (Å²) in [5, 5.41) is 7.33. The summed E-state index contributed by atoms with van der Waals surface area (Å²) in [4.78, 5) is 16.5. The van der Waals surface area contributed by atoms with Crippen LogP contribution in [0, 0.1) is 6.92 Å². The molecule has 1 N–H and O–H groups in total. The minimum atomic E-state index is -0.0344. The topological polar surface area (TPSA) is 69.0 Å². The first-order chi connectivity index (χ1) is 11.7. The SMILES string of the molecule is Cc1cc(NC(=O)CSC[C@@H]2CCCCO2)n(-c2ccccn2)n1. The number of nitrogens with one attached hydrogen (secondary N) is 1. The summed E-state index contributed by atoms with van der Waals surface area (Å²) in [5.74, 6) is 2.57. The lowest BCUT2D eigenvalue weighted by Gasteiger charge is -2.21. The van der Waals surface area contributed by atoms with Crippen molar-refractivity contribution in [3.05, 3.63) is 36.2 Å². The minimum Gasteiger partial charge on any atom is -0.377 e. The molecule has 6 nitrogen and oxygen atoms in total. The van der Waals surface area contributed by atoms with Crippen LogP contribution in [0.15, 0.2) is 30.5 Å². The molecule has 24 heavy (non-hydrogen) atoms. The zero-order valence-electron chi connectivity index (χ0n) is 13.8. The average molecular weight is 346 g/mol. The molecule has 1 fully saturated rings. The van der Waals surface area contributed by atoms with Crippen molar-refractivity contribution in [1.29, 1.82) is 0 Å². The Morgan fingerprint density at radius 2 is 2.38 bits per heavy atom. The van der Waals surface area contributed by atoms with Crippen molar-refractivity contribution in [2.24, 2.45) is 0 Å². The molecule has 3 heterocycles. The van der Waals surface area contributed by atoms with Crippen LogP contribution in [0.3, 0.4) is 0 Å². The molecule has 2 aromatic rings. The van der Waals surface area contributed by atoms with Gasteiger partial charge in [0.2, 0.25) is 5.91 Å². The Morgan fingerprint density at radius 3 is 3.12 bits per heavy atom. The van der Waals surface area contributed by atoms with Crippen LogP contribution in [0.25, 0.3) is 5.82 Å². The van der Waals surface area contributed by atoms with Crippen LogP contribution in [-0.2, 0) is 9.53 Å². The van der Waals surface area contributed by atoms with E-state index in [2.05, 4.69) is 15.4 Å². The van der Waals surface area contributed by atoms with Crippen LogP contribution in [0.5, 0.6) is 0 Å². The molecule has 0 unspecified atom stereocenters. The number of hydrogen-bond donors (Lipinski definition) is 1. The smallest absolute Gasteiger partial charge is 0.235 e. The summed E-state index contributed by atoms with van der Waals surface area (Å²) in [6, 6.07) is 7.45. The van der Waals surface area contributed by atoms with Gasteiger partial charge < -0.3 is 10.1 Å². The Morgan fingerprint density at radius 1 is 1.46 bits per heavy atom. The van der Waals surface area contributed by atoms with Crippen LogP contribution >= 0.6 is 11.8 Å². The van der Waals surface area contributed by atoms with Crippen LogP contribution in [-0.4, -0.2) is 44.9 Å². The van der Waals surface area contributed by atoms with E-state index in [1.165, 1.54) is 6.42 Å². The van der Waals surface area contributed by atoms with Crippen LogP contribution in [0.2, 0.25) is 0 Å². The third-order valence-corrected chi connectivity index (χ3v) is 4.85. The molecule has 1 aliphatic heterocycles. The molecule has 1 aliphatic rings. The number of anilines is 1. The van der Waals surface area contributed by atoms with Crippen molar-refractivity contribution in [3.8, 4) is 5.82 Å². The number of aromatic nitrogens is 3. The number of pyridine rings is 1. The summed E-state index contributed by atoms with van der Waals surface area (Å²) in [5.41, 5.74) is 0.833. The van der Waals surface area contributed by atoms with Gasteiger partial charge in [0.05, 0.1) is 17.6 Å². The molecule has 0 aromatic carbocycles. The van der Waals surface area contributed by atoms with Gasteiger partial charge in [-0.3, -0.25) is 4.79 Å². The Hall–Kier alpha value is -1.86. The molecule has 0 radical (unpaired) electrons. The van der Waals surface area contributed by atoms with Gasteiger partial charge in [-0.15, -0.1) is 11.8 Å². The molecule has 3 rings (SSSR count). The Bertz CT molecular complexity index is 668. The second kappa shape index (κ2) is 8.30. The largest absolute Gasteiger partial charge is 0.377 e. The average Bonchev–Trinajstić information content (AvgIpc) is 2.97. The van der Waals surface area contributed by atoms with Gasteiger partial charge in [0.25, 0.3) is 0 Å². The summed E-state index contributed by atoms with van der Waals surface area (Å²) >= 11 is 1.61. The van der Waals surface area contributed by atoms with Crippen molar-refractivity contribution in [1.82, 2.24) is 14.8 Å². The lowest BCUT2D eigenvalue weighted by Crippen LogP contribution is -2.23. The number of carbonyl (C=O) groups excluding carboxylic acids is 1. The van der Waals surface area contributed by atoms with Crippen LogP contribution in [0.1, 0.15) is 25.0 Å². The van der Waals surface area contributed by atoms with E-state index in [9.17, 15) is 4.79 Å². The molecule has 1 saturated heterocycles. The highest BCUT2D eigenvalue weighted by Gasteiger charge is 2.15. The highest BCUT2D eigenvalue weighted by Crippen LogP contribution is 2.18. The molecule has 0 bridgehead atoms. The van der Waals surface area contributed by atoms with E-state index < -0.39 is 0 Å². The van der Waals surface area contributed by atoms with Gasteiger partial charge in [-0.2, -0.15) is 9.78 Å². The van der Waals surface area contributed by atoms with E-state index in [0.29, 0.717) is 17.4 Å². The van der Waals surface area contributed by atoms with Gasteiger partial charge in [-0.05, 0) is 38.3 Å². The quantitative estimate of drug-likeness (QED) is 0.871. The number of thioether (sulfide) groups is 1. The van der Waals surface area contributed by atoms with Crippen LogP contribution < -0.4 is 5.32 Å². The molecule has 7 heteroatoms. The fourth-order valence-corrected chi connectivity index (χ4v) is 3.54. The first-order valence-electron chi connectivity index (χ1n) is 8.19. The van der Waals surface area contributed by atoms with Gasteiger partial charge >= 0.3 is 0 Å². The maximum Gasteiger partial charge on any atom is 0.235 e. The number of amides is 1. The summed E-state index contributed by atoms with van der Waals surface area (Å²) in [6.45, 7) is 2.74. The highest BCUT2D eigenvalue weighted by molar-refractivity contribution is 8.00. The maximum absolute atomic E-state index is 12.2. The lowest BCUT2D eigenvalue weighted by molar-refractivity contribution is -0.113. The van der Waals surface area contributed by atoms with Crippen LogP contribution in [0.4, 0.5) is 5.82 Å². The molecule has 0 aliphatic carbocycles. The first-order valence-corrected chi connectivity index (χ1v) is 9.35. The van der Waals surface area contributed by atoms with E-state index in [1.807, 2.05) is 31.2 Å². The van der Waals surface area contributed by atoms with Gasteiger partial charge in [-0.25, -0.2) is 4.98 Å². The van der Waals surface area contributed by atoms with E-state index >= 15 is 0 Å². The van der Waals surface area contributed by atoms with Gasteiger partial charge in [0.15, 0.2) is 5.82 Å². The molecule has 0 spiro atoms. The number of hydrogen-bond acceptors (Lipinski definition) is 5. The van der Waals surface area contributed by atoms with Crippen molar-refractivity contribution < 1.29 is 9.53 Å². The third kappa shape index (κ3) is 4.58. The summed E-state index contributed by atoms with van der Waals surface area (Å²) in [7, 11) is 0. The van der Waals surface area contributed by atoms with Crippen molar-refractivity contribution in [2.75, 3.05) is 23.4 Å². The first kappa shape index (κ1) is 17.0. The van der Waals surface area contributed by atoms with Gasteiger partial charge in [-0.1, -0.05) is 6.07 Å². The monoisotopic (exact) mass is 346 g/mol. The second-order valence-electron chi connectivity index (χ2n) is 5.82. The molecule has 128 valence electrons. The number of ether oxygens (including phenoxy) is 1. The second-order valence-corrected chi connectivity index (χ2v) is 6.85. The minimum absolute atomic E-state index is 0.0344. The zero-order chi connectivity index (χ0) is 16.8. The predicted octanol–water partition coefficient (Wildman–Crippen LogP) is 2.82. The van der Waals surface area contributed by atoms with E-state index in [-0.39, 0.29) is 12.0 Å².